The summed E-state index contributed by atoms with van der Waals surface area (Å²) in [5.74, 6) is 2.36. The zero-order chi connectivity index (χ0) is 26.2. The summed E-state index contributed by atoms with van der Waals surface area (Å²) in [5, 5.41) is 0.866. The van der Waals surface area contributed by atoms with E-state index in [1.54, 1.807) is 32.7 Å². The molecule has 4 aromatic rings. The molecule has 3 aromatic carbocycles. The fourth-order valence-corrected chi connectivity index (χ4v) is 5.72. The maximum absolute atomic E-state index is 13.0. The van der Waals surface area contributed by atoms with E-state index in [0.717, 1.165) is 40.8 Å². The molecule has 37 heavy (non-hydrogen) atoms. The molecule has 0 fully saturated rings. The average molecular weight is 519 g/mol. The van der Waals surface area contributed by atoms with Crippen LogP contribution in [0.15, 0.2) is 65.8 Å². The van der Waals surface area contributed by atoms with Crippen molar-refractivity contribution in [2.45, 2.75) is 37.6 Å². The number of hydrogen-bond donors (Lipinski definition) is 1. The van der Waals surface area contributed by atoms with Gasteiger partial charge in [0, 0.05) is 30.2 Å². The Hall–Kier alpha value is -3.85. The molecule has 0 radical (unpaired) electrons. The van der Waals surface area contributed by atoms with Gasteiger partial charge < -0.3 is 14.4 Å². The third-order valence-corrected chi connectivity index (χ3v) is 8.14. The summed E-state index contributed by atoms with van der Waals surface area (Å²) in [4.78, 5) is 11.4. The van der Waals surface area contributed by atoms with Crippen molar-refractivity contribution in [3.8, 4) is 11.5 Å². The predicted molar refractivity (Wildman–Crippen MR) is 145 cm³/mol. The third kappa shape index (κ3) is 4.91. The van der Waals surface area contributed by atoms with Gasteiger partial charge in [0.2, 0.25) is 0 Å². The van der Waals surface area contributed by atoms with Gasteiger partial charge in [-0.1, -0.05) is 32.0 Å². The number of benzene rings is 3. The standard InChI is InChI=1S/C28H30N4O4S/c1-18(2)19-6-9-23(10-7-19)37(33,34)31-22-8-5-20-11-12-32(16-21(20)13-22)28-24-14-26(35-3)27(36-4)15-25(24)29-17-30-28/h5-10,13-15,17-18,31H,11-12,16H2,1-4H3. The fourth-order valence-electron chi connectivity index (χ4n) is 4.67. The largest absolute Gasteiger partial charge is 0.493 e. The van der Waals surface area contributed by atoms with Crippen molar-refractivity contribution in [1.29, 1.82) is 0 Å². The Morgan fingerprint density at radius 2 is 1.65 bits per heavy atom. The molecule has 1 aromatic heterocycles. The molecular weight excluding hydrogens is 488 g/mol. The second-order valence-electron chi connectivity index (χ2n) is 9.41. The molecule has 9 heteroatoms. The van der Waals surface area contributed by atoms with E-state index in [1.165, 1.54) is 5.56 Å². The minimum absolute atomic E-state index is 0.244. The average Bonchev–Trinajstić information content (AvgIpc) is 2.91. The number of anilines is 2. The highest BCUT2D eigenvalue weighted by Crippen LogP contribution is 2.36. The number of ether oxygens (including phenoxy) is 2. The van der Waals surface area contributed by atoms with Crippen molar-refractivity contribution < 1.29 is 17.9 Å². The van der Waals surface area contributed by atoms with Crippen LogP contribution < -0.4 is 19.1 Å². The number of aromatic nitrogens is 2. The van der Waals surface area contributed by atoms with Crippen LogP contribution in [-0.4, -0.2) is 39.2 Å². The van der Waals surface area contributed by atoms with Crippen LogP contribution in [0.25, 0.3) is 10.9 Å². The van der Waals surface area contributed by atoms with E-state index in [9.17, 15) is 8.42 Å². The topological polar surface area (TPSA) is 93.7 Å². The summed E-state index contributed by atoms with van der Waals surface area (Å²) in [7, 11) is -0.501. The number of rotatable bonds is 7. The van der Waals surface area contributed by atoms with E-state index >= 15 is 0 Å². The van der Waals surface area contributed by atoms with Crippen LogP contribution in [-0.2, 0) is 23.0 Å². The maximum Gasteiger partial charge on any atom is 0.261 e. The summed E-state index contributed by atoms with van der Waals surface area (Å²) >= 11 is 0. The van der Waals surface area contributed by atoms with Gasteiger partial charge in [0.15, 0.2) is 11.5 Å². The first-order valence-electron chi connectivity index (χ1n) is 12.2. The summed E-state index contributed by atoms with van der Waals surface area (Å²) in [5.41, 5.74) is 4.64. The molecule has 5 rings (SSSR count). The van der Waals surface area contributed by atoms with Gasteiger partial charge in [0.1, 0.15) is 12.1 Å². The fraction of sp³-hybridized carbons (Fsp3) is 0.286. The molecule has 0 saturated carbocycles. The van der Waals surface area contributed by atoms with Crippen molar-refractivity contribution in [2.24, 2.45) is 0 Å². The Morgan fingerprint density at radius 1 is 0.919 bits per heavy atom. The quantitative estimate of drug-likeness (QED) is 0.362. The van der Waals surface area contributed by atoms with E-state index in [4.69, 9.17) is 9.47 Å². The minimum Gasteiger partial charge on any atom is -0.493 e. The van der Waals surface area contributed by atoms with Gasteiger partial charge in [0.05, 0.1) is 24.6 Å². The van der Waals surface area contributed by atoms with Crippen molar-refractivity contribution in [2.75, 3.05) is 30.4 Å². The Kier molecular flexibility index (Phi) is 6.64. The zero-order valence-corrected chi connectivity index (χ0v) is 22.2. The number of hydrogen-bond acceptors (Lipinski definition) is 7. The third-order valence-electron chi connectivity index (χ3n) is 6.75. The number of nitrogens with zero attached hydrogens (tertiary/aromatic N) is 3. The van der Waals surface area contributed by atoms with Gasteiger partial charge in [0.25, 0.3) is 10.0 Å². The van der Waals surface area contributed by atoms with Crippen LogP contribution in [0.1, 0.15) is 36.5 Å². The Labute approximate surface area is 217 Å². The van der Waals surface area contributed by atoms with Gasteiger partial charge >= 0.3 is 0 Å². The van der Waals surface area contributed by atoms with E-state index < -0.39 is 10.0 Å². The lowest BCUT2D eigenvalue weighted by atomic mass is 9.99. The summed E-state index contributed by atoms with van der Waals surface area (Å²) in [6, 6.07) is 16.5. The van der Waals surface area contributed by atoms with Gasteiger partial charge in [-0.25, -0.2) is 18.4 Å². The van der Waals surface area contributed by atoms with Crippen molar-refractivity contribution >= 4 is 32.4 Å². The van der Waals surface area contributed by atoms with Crippen LogP contribution in [0.2, 0.25) is 0 Å². The first-order valence-corrected chi connectivity index (χ1v) is 13.6. The van der Waals surface area contributed by atoms with Crippen LogP contribution >= 0.6 is 0 Å². The van der Waals surface area contributed by atoms with Gasteiger partial charge in [-0.05, 0) is 59.4 Å². The molecule has 0 saturated heterocycles. The first-order chi connectivity index (χ1) is 17.8. The number of methoxy groups -OCH3 is 2. The highest BCUT2D eigenvalue weighted by atomic mass is 32.2. The highest BCUT2D eigenvalue weighted by Gasteiger charge is 2.22. The monoisotopic (exact) mass is 518 g/mol. The molecule has 0 amide bonds. The Bertz CT molecular complexity index is 1550. The number of fused-ring (bicyclic) bond motifs is 2. The maximum atomic E-state index is 13.0. The Morgan fingerprint density at radius 3 is 2.35 bits per heavy atom. The van der Waals surface area contributed by atoms with E-state index in [-0.39, 0.29) is 4.90 Å². The van der Waals surface area contributed by atoms with Gasteiger partial charge in [-0.2, -0.15) is 0 Å². The zero-order valence-electron chi connectivity index (χ0n) is 21.4. The van der Waals surface area contributed by atoms with Crippen molar-refractivity contribution in [1.82, 2.24) is 9.97 Å². The summed E-state index contributed by atoms with van der Waals surface area (Å²) < 4.78 is 39.7. The molecule has 0 atom stereocenters. The molecule has 0 aliphatic carbocycles. The van der Waals surface area contributed by atoms with Crippen LogP contribution in [0.3, 0.4) is 0 Å². The van der Waals surface area contributed by atoms with Crippen LogP contribution in [0, 0.1) is 0 Å². The molecule has 1 aliphatic heterocycles. The molecule has 192 valence electrons. The lowest BCUT2D eigenvalue weighted by Gasteiger charge is -2.31. The van der Waals surface area contributed by atoms with Crippen LogP contribution in [0.5, 0.6) is 11.5 Å². The van der Waals surface area contributed by atoms with Crippen molar-refractivity contribution in [3.63, 3.8) is 0 Å². The molecule has 0 spiro atoms. The van der Waals surface area contributed by atoms with Crippen molar-refractivity contribution in [3.05, 3.63) is 77.6 Å². The molecule has 8 nitrogen and oxygen atoms in total. The second-order valence-corrected chi connectivity index (χ2v) is 11.1. The Balaban J connectivity index is 1.42. The van der Waals surface area contributed by atoms with Crippen LogP contribution in [0.4, 0.5) is 11.5 Å². The normalized spacial score (nSPS) is 13.5. The van der Waals surface area contributed by atoms with Gasteiger partial charge in [-0.15, -0.1) is 0 Å². The molecule has 0 bridgehead atoms. The SMILES string of the molecule is COc1cc2ncnc(N3CCc4ccc(NS(=O)(=O)c5ccc(C(C)C)cc5)cc4C3)c2cc1OC. The summed E-state index contributed by atoms with van der Waals surface area (Å²) in [6.07, 6.45) is 2.37. The molecule has 1 aliphatic rings. The smallest absolute Gasteiger partial charge is 0.261 e. The van der Waals surface area contributed by atoms with E-state index in [2.05, 4.69) is 33.4 Å². The number of sulfonamides is 1. The molecule has 1 N–H and O–H groups in total. The lowest BCUT2D eigenvalue weighted by Crippen LogP contribution is -2.31. The molecular formula is C28H30N4O4S. The lowest BCUT2D eigenvalue weighted by molar-refractivity contribution is 0.356. The van der Waals surface area contributed by atoms with E-state index in [0.29, 0.717) is 29.6 Å². The predicted octanol–water partition coefficient (Wildman–Crippen LogP) is 5.13. The van der Waals surface area contributed by atoms with Gasteiger partial charge in [-0.3, -0.25) is 4.72 Å². The second kappa shape index (κ2) is 9.89. The number of nitrogens with one attached hydrogen (secondary N) is 1. The highest BCUT2D eigenvalue weighted by molar-refractivity contribution is 7.92. The first kappa shape index (κ1) is 24.8. The molecule has 2 heterocycles. The minimum atomic E-state index is -3.70. The summed E-state index contributed by atoms with van der Waals surface area (Å²) in [6.45, 7) is 5.53. The van der Waals surface area contributed by atoms with E-state index in [1.807, 2.05) is 42.5 Å². The molecule has 0 unspecified atom stereocenters.